The van der Waals surface area contributed by atoms with Gasteiger partial charge in [-0.2, -0.15) is 0 Å². The predicted octanol–water partition coefficient (Wildman–Crippen LogP) is 5.25. The number of carbonyl (C=O) groups excluding carboxylic acids is 1. The van der Waals surface area contributed by atoms with E-state index in [9.17, 15) is 13.2 Å². The smallest absolute Gasteiger partial charge is 0.261 e. The van der Waals surface area contributed by atoms with E-state index in [1.165, 1.54) is 12.1 Å². The van der Waals surface area contributed by atoms with Crippen LogP contribution in [-0.4, -0.2) is 20.9 Å². The van der Waals surface area contributed by atoms with Gasteiger partial charge in [-0.1, -0.05) is 29.3 Å². The van der Waals surface area contributed by atoms with Crippen molar-refractivity contribution in [3.8, 4) is 5.75 Å². The van der Waals surface area contributed by atoms with Crippen LogP contribution in [0.15, 0.2) is 77.7 Å². The van der Waals surface area contributed by atoms with Crippen LogP contribution in [0.3, 0.4) is 0 Å². The molecular weight excluding hydrogens is 436 g/mol. The summed E-state index contributed by atoms with van der Waals surface area (Å²) < 4.78 is 33.1. The standard InChI is InChI=1S/C23H23ClN2O4S/c1-17-4-12-21(13-5-17)30-16-2-3-23(27)25-19-10-14-22(15-11-19)31(28,29)26-20-8-6-18(24)7-9-20/h4-15,26H,2-3,16H2,1H3,(H,25,27). The van der Waals surface area contributed by atoms with Gasteiger partial charge in [-0.05, 0) is 74.0 Å². The molecule has 3 aromatic rings. The summed E-state index contributed by atoms with van der Waals surface area (Å²) in [6.45, 7) is 2.44. The summed E-state index contributed by atoms with van der Waals surface area (Å²) in [4.78, 5) is 12.2. The number of nitrogens with one attached hydrogen (secondary N) is 2. The summed E-state index contributed by atoms with van der Waals surface area (Å²) in [5, 5.41) is 3.28. The van der Waals surface area contributed by atoms with Gasteiger partial charge in [0, 0.05) is 22.8 Å². The Bertz CT molecular complexity index is 1110. The van der Waals surface area contributed by atoms with Gasteiger partial charge in [-0.15, -0.1) is 0 Å². The molecule has 162 valence electrons. The van der Waals surface area contributed by atoms with Gasteiger partial charge >= 0.3 is 0 Å². The summed E-state index contributed by atoms with van der Waals surface area (Å²) in [7, 11) is -3.74. The maximum absolute atomic E-state index is 12.5. The van der Waals surface area contributed by atoms with Gasteiger partial charge in [0.05, 0.1) is 11.5 Å². The molecule has 0 radical (unpaired) electrons. The number of anilines is 2. The third-order valence-corrected chi connectivity index (χ3v) is 6.03. The van der Waals surface area contributed by atoms with E-state index in [0.717, 1.165) is 11.3 Å². The monoisotopic (exact) mass is 458 g/mol. The first-order chi connectivity index (χ1) is 14.8. The number of carbonyl (C=O) groups is 1. The largest absolute Gasteiger partial charge is 0.494 e. The number of amides is 1. The van der Waals surface area contributed by atoms with Crippen LogP contribution in [-0.2, 0) is 14.8 Å². The molecule has 1 amide bonds. The van der Waals surface area contributed by atoms with Crippen molar-refractivity contribution < 1.29 is 17.9 Å². The van der Waals surface area contributed by atoms with Gasteiger partial charge in [0.15, 0.2) is 0 Å². The molecule has 0 aliphatic rings. The van der Waals surface area contributed by atoms with Crippen molar-refractivity contribution in [1.29, 1.82) is 0 Å². The van der Waals surface area contributed by atoms with E-state index in [0.29, 0.717) is 35.8 Å². The van der Waals surface area contributed by atoms with E-state index in [2.05, 4.69) is 10.0 Å². The Morgan fingerprint density at radius 2 is 1.52 bits per heavy atom. The van der Waals surface area contributed by atoms with Gasteiger partial charge in [0.1, 0.15) is 5.75 Å². The Hall–Kier alpha value is -3.03. The van der Waals surface area contributed by atoms with E-state index in [4.69, 9.17) is 16.3 Å². The molecule has 0 unspecified atom stereocenters. The van der Waals surface area contributed by atoms with Crippen LogP contribution in [0.1, 0.15) is 18.4 Å². The molecule has 0 aliphatic heterocycles. The number of hydrogen-bond acceptors (Lipinski definition) is 4. The van der Waals surface area contributed by atoms with Crippen LogP contribution in [0.4, 0.5) is 11.4 Å². The van der Waals surface area contributed by atoms with E-state index >= 15 is 0 Å². The number of hydrogen-bond donors (Lipinski definition) is 2. The Labute approximate surface area is 187 Å². The fraction of sp³-hybridized carbons (Fsp3) is 0.174. The second kappa shape index (κ2) is 10.3. The number of ether oxygens (including phenoxy) is 1. The number of sulfonamides is 1. The fourth-order valence-corrected chi connectivity index (χ4v) is 3.91. The lowest BCUT2D eigenvalue weighted by Crippen LogP contribution is -2.14. The molecule has 2 N–H and O–H groups in total. The lowest BCUT2D eigenvalue weighted by Gasteiger charge is -2.10. The van der Waals surface area contributed by atoms with Crippen LogP contribution in [0.5, 0.6) is 5.75 Å². The van der Waals surface area contributed by atoms with Gasteiger partial charge in [0.25, 0.3) is 10.0 Å². The number of rotatable bonds is 9. The third-order valence-electron chi connectivity index (χ3n) is 4.38. The molecule has 0 fully saturated rings. The van der Waals surface area contributed by atoms with Crippen molar-refractivity contribution in [1.82, 2.24) is 0 Å². The first kappa shape index (κ1) is 22.7. The summed E-state index contributed by atoms with van der Waals surface area (Å²) in [6.07, 6.45) is 0.862. The van der Waals surface area contributed by atoms with Crippen molar-refractivity contribution in [3.05, 3.63) is 83.4 Å². The van der Waals surface area contributed by atoms with E-state index in [-0.39, 0.29) is 10.8 Å². The summed E-state index contributed by atoms with van der Waals surface area (Å²) in [5.74, 6) is 0.609. The summed E-state index contributed by atoms with van der Waals surface area (Å²) >= 11 is 5.81. The Balaban J connectivity index is 1.47. The quantitative estimate of drug-likeness (QED) is 0.429. The molecule has 0 spiro atoms. The van der Waals surface area contributed by atoms with Gasteiger partial charge in [-0.3, -0.25) is 9.52 Å². The van der Waals surface area contributed by atoms with Crippen LogP contribution < -0.4 is 14.8 Å². The molecular formula is C23H23ClN2O4S. The first-order valence-electron chi connectivity index (χ1n) is 9.70. The van der Waals surface area contributed by atoms with Crippen molar-refractivity contribution >= 4 is 38.9 Å². The molecule has 6 nitrogen and oxygen atoms in total. The van der Waals surface area contributed by atoms with E-state index in [1.807, 2.05) is 31.2 Å². The van der Waals surface area contributed by atoms with E-state index < -0.39 is 10.0 Å². The molecule has 31 heavy (non-hydrogen) atoms. The maximum atomic E-state index is 12.5. The van der Waals surface area contributed by atoms with Crippen LogP contribution in [0.25, 0.3) is 0 Å². The fourth-order valence-electron chi connectivity index (χ4n) is 2.73. The SMILES string of the molecule is Cc1ccc(OCCCC(=O)Nc2ccc(S(=O)(=O)Nc3ccc(Cl)cc3)cc2)cc1. The summed E-state index contributed by atoms with van der Waals surface area (Å²) in [6, 6.07) is 20.1. The molecule has 0 heterocycles. The zero-order chi connectivity index (χ0) is 22.3. The third kappa shape index (κ3) is 7.01. The van der Waals surface area contributed by atoms with Crippen LogP contribution in [0.2, 0.25) is 5.02 Å². The van der Waals surface area contributed by atoms with E-state index in [1.54, 1.807) is 36.4 Å². The highest BCUT2D eigenvalue weighted by Crippen LogP contribution is 2.20. The van der Waals surface area contributed by atoms with Crippen molar-refractivity contribution in [2.24, 2.45) is 0 Å². The molecule has 3 aromatic carbocycles. The van der Waals surface area contributed by atoms with Crippen molar-refractivity contribution in [2.75, 3.05) is 16.6 Å². The average molecular weight is 459 g/mol. The second-order valence-corrected chi connectivity index (χ2v) is 9.07. The van der Waals surface area contributed by atoms with Gasteiger partial charge < -0.3 is 10.1 Å². The zero-order valence-electron chi connectivity index (χ0n) is 17.0. The average Bonchev–Trinajstić information content (AvgIpc) is 2.74. The predicted molar refractivity (Wildman–Crippen MR) is 123 cm³/mol. The minimum atomic E-state index is -3.74. The second-order valence-electron chi connectivity index (χ2n) is 6.95. The maximum Gasteiger partial charge on any atom is 0.261 e. The van der Waals surface area contributed by atoms with Gasteiger partial charge in [-0.25, -0.2) is 8.42 Å². The number of halogens is 1. The number of aryl methyl sites for hydroxylation is 1. The van der Waals surface area contributed by atoms with Crippen LogP contribution in [0, 0.1) is 6.92 Å². The first-order valence-corrected chi connectivity index (χ1v) is 11.6. The Morgan fingerprint density at radius 3 is 2.16 bits per heavy atom. The summed E-state index contributed by atoms with van der Waals surface area (Å²) in [5.41, 5.74) is 2.09. The van der Waals surface area contributed by atoms with Crippen LogP contribution >= 0.6 is 11.6 Å². The molecule has 0 aromatic heterocycles. The van der Waals surface area contributed by atoms with Crippen molar-refractivity contribution in [2.45, 2.75) is 24.7 Å². The molecule has 0 saturated carbocycles. The molecule has 0 bridgehead atoms. The molecule has 0 saturated heterocycles. The molecule has 3 rings (SSSR count). The lowest BCUT2D eigenvalue weighted by molar-refractivity contribution is -0.116. The van der Waals surface area contributed by atoms with Gasteiger partial charge in [0.2, 0.25) is 5.91 Å². The molecule has 8 heteroatoms. The lowest BCUT2D eigenvalue weighted by atomic mass is 10.2. The minimum Gasteiger partial charge on any atom is -0.494 e. The highest BCUT2D eigenvalue weighted by molar-refractivity contribution is 7.92. The molecule has 0 aliphatic carbocycles. The topological polar surface area (TPSA) is 84.5 Å². The minimum absolute atomic E-state index is 0.0898. The highest BCUT2D eigenvalue weighted by atomic mass is 35.5. The highest BCUT2D eigenvalue weighted by Gasteiger charge is 2.14. The van der Waals surface area contributed by atoms with Crippen molar-refractivity contribution in [3.63, 3.8) is 0 Å². The zero-order valence-corrected chi connectivity index (χ0v) is 18.5. The number of benzene rings is 3. The normalized spacial score (nSPS) is 11.0. The Morgan fingerprint density at radius 1 is 0.903 bits per heavy atom. The Kier molecular flexibility index (Phi) is 7.55. The molecule has 0 atom stereocenters.